The second-order valence-electron chi connectivity index (χ2n) is 8.85. The summed E-state index contributed by atoms with van der Waals surface area (Å²) in [5.74, 6) is 0. The lowest BCUT2D eigenvalue weighted by Crippen LogP contribution is -1.85. The normalized spacial score (nSPS) is 11.9. The number of unbranched alkanes of at least 4 members (excludes halogenated alkanes) is 8. The van der Waals surface area contributed by atoms with Gasteiger partial charge in [-0.25, -0.2) is 0 Å². The summed E-state index contributed by atoms with van der Waals surface area (Å²) in [5.41, 5.74) is 3.03. The lowest BCUT2D eigenvalue weighted by atomic mass is 10.0. The lowest BCUT2D eigenvalue weighted by molar-refractivity contribution is 0.632. The van der Waals surface area contributed by atoms with E-state index in [4.69, 9.17) is 0 Å². The molecule has 4 rings (SSSR count). The zero-order valence-electron chi connectivity index (χ0n) is 18.8. The van der Waals surface area contributed by atoms with Crippen LogP contribution in [-0.4, -0.2) is 0 Å². The first-order valence-corrected chi connectivity index (χ1v) is 13.8. The van der Waals surface area contributed by atoms with E-state index in [2.05, 4.69) is 50.2 Å². The molecule has 2 aromatic carbocycles. The zero-order valence-corrected chi connectivity index (χ0v) is 20.4. The van der Waals surface area contributed by atoms with E-state index in [0.29, 0.717) is 0 Å². The molecule has 0 atom stereocenters. The Balaban J connectivity index is 1.48. The first-order chi connectivity index (χ1) is 14.8. The second-order valence-corrected chi connectivity index (χ2v) is 11.0. The van der Waals surface area contributed by atoms with Crippen LogP contribution in [0.25, 0.3) is 29.6 Å². The van der Waals surface area contributed by atoms with E-state index < -0.39 is 0 Å². The van der Waals surface area contributed by atoms with Gasteiger partial charge >= 0.3 is 0 Å². The van der Waals surface area contributed by atoms with Crippen LogP contribution in [0.1, 0.15) is 89.2 Å². The molecular weight excluding hydrogens is 400 g/mol. The Kier molecular flexibility index (Phi) is 7.84. The fourth-order valence-electron chi connectivity index (χ4n) is 4.52. The molecule has 0 unspecified atom stereocenters. The Labute approximate surface area is 190 Å². The Morgan fingerprint density at radius 3 is 1.40 bits per heavy atom. The van der Waals surface area contributed by atoms with Crippen molar-refractivity contribution in [2.45, 2.75) is 90.9 Å². The van der Waals surface area contributed by atoms with Gasteiger partial charge in [0.2, 0.25) is 0 Å². The summed E-state index contributed by atoms with van der Waals surface area (Å²) in [7, 11) is 0. The second kappa shape index (κ2) is 10.8. The third kappa shape index (κ3) is 5.08. The van der Waals surface area contributed by atoms with Gasteiger partial charge in [0, 0.05) is 20.2 Å². The van der Waals surface area contributed by atoms with E-state index >= 15 is 0 Å². The smallest absolute Gasteiger partial charge is 0.0542 e. The maximum atomic E-state index is 2.46. The van der Waals surface area contributed by atoms with Gasteiger partial charge < -0.3 is 0 Å². The minimum absolute atomic E-state index is 1.23. The molecule has 2 heteroatoms. The molecule has 160 valence electrons. The Bertz CT molecular complexity index is 995. The third-order valence-corrected chi connectivity index (χ3v) is 8.85. The van der Waals surface area contributed by atoms with E-state index in [0.717, 1.165) is 0 Å². The van der Waals surface area contributed by atoms with Crippen LogP contribution in [0, 0.1) is 0 Å². The van der Waals surface area contributed by atoms with Gasteiger partial charge in [0.15, 0.2) is 0 Å². The van der Waals surface area contributed by atoms with Crippen molar-refractivity contribution in [2.75, 3.05) is 0 Å². The predicted molar refractivity (Wildman–Crippen MR) is 140 cm³/mol. The number of hydrogen-bond acceptors (Lipinski definition) is 2. The number of rotatable bonds is 12. The number of thiophene rings is 2. The highest BCUT2D eigenvalue weighted by molar-refractivity contribution is 7.36. The molecular formula is C28H36S2. The van der Waals surface area contributed by atoms with E-state index in [-0.39, 0.29) is 0 Å². The first-order valence-electron chi connectivity index (χ1n) is 12.2. The largest absolute Gasteiger partial charge is 0.134 e. The topological polar surface area (TPSA) is 0 Å². The average molecular weight is 437 g/mol. The number of fused-ring (bicyclic) bond motifs is 5. The minimum atomic E-state index is 1.23. The molecule has 0 fully saturated rings. The molecule has 0 spiro atoms. The SMILES string of the molecule is CCCCCCCc1ccc2c(c1)sc1c3ccc(CCCCCCC)cc3sc21. The van der Waals surface area contributed by atoms with Crippen molar-refractivity contribution < 1.29 is 0 Å². The highest BCUT2D eigenvalue weighted by Gasteiger charge is 2.13. The fraction of sp³-hybridized carbons (Fsp3) is 0.500. The molecule has 0 aliphatic carbocycles. The summed E-state index contributed by atoms with van der Waals surface area (Å²) in [6.07, 6.45) is 16.1. The summed E-state index contributed by atoms with van der Waals surface area (Å²) >= 11 is 4.01. The van der Waals surface area contributed by atoms with Crippen LogP contribution >= 0.6 is 22.7 Å². The molecule has 0 aliphatic rings. The van der Waals surface area contributed by atoms with Gasteiger partial charge in [-0.3, -0.25) is 0 Å². The summed E-state index contributed by atoms with van der Waals surface area (Å²) in [4.78, 5) is 0. The van der Waals surface area contributed by atoms with Gasteiger partial charge in [-0.1, -0.05) is 89.5 Å². The molecule has 0 N–H and O–H groups in total. The van der Waals surface area contributed by atoms with Crippen molar-refractivity contribution in [1.82, 2.24) is 0 Å². The molecule has 0 bridgehead atoms. The molecule has 0 aliphatic heterocycles. The van der Waals surface area contributed by atoms with Crippen molar-refractivity contribution in [3.05, 3.63) is 47.5 Å². The van der Waals surface area contributed by atoms with E-state index in [1.54, 1.807) is 0 Å². The van der Waals surface area contributed by atoms with E-state index in [1.165, 1.54) is 118 Å². The fourth-order valence-corrected chi connectivity index (χ4v) is 7.30. The molecule has 0 nitrogen and oxygen atoms in total. The van der Waals surface area contributed by atoms with Crippen molar-refractivity contribution in [3.8, 4) is 0 Å². The quantitative estimate of drug-likeness (QED) is 0.194. The number of benzene rings is 2. The third-order valence-electron chi connectivity index (χ3n) is 6.35. The molecule has 4 aromatic rings. The monoisotopic (exact) mass is 436 g/mol. The Morgan fingerprint density at radius 1 is 0.533 bits per heavy atom. The van der Waals surface area contributed by atoms with Crippen LogP contribution in [-0.2, 0) is 12.8 Å². The van der Waals surface area contributed by atoms with Crippen LogP contribution in [0.15, 0.2) is 36.4 Å². The molecule has 2 heterocycles. The van der Waals surface area contributed by atoms with Gasteiger partial charge in [0.25, 0.3) is 0 Å². The zero-order chi connectivity index (χ0) is 20.8. The first kappa shape index (κ1) is 21.8. The van der Waals surface area contributed by atoms with Crippen LogP contribution < -0.4 is 0 Å². The lowest BCUT2D eigenvalue weighted by Gasteiger charge is -2.02. The standard InChI is InChI=1S/C28H36S2/c1-3-5-7-9-11-13-21-15-17-23-25(19-21)29-28-24-18-16-22(14-12-10-8-6-4-2)20-26(24)30-27(23)28/h15-20H,3-14H2,1-2H3. The Morgan fingerprint density at radius 2 is 0.967 bits per heavy atom. The summed E-state index contributed by atoms with van der Waals surface area (Å²) in [5, 5.41) is 2.93. The van der Waals surface area contributed by atoms with Gasteiger partial charge in [0.05, 0.1) is 9.40 Å². The predicted octanol–water partition coefficient (Wildman–Crippen LogP) is 10.3. The summed E-state index contributed by atoms with van der Waals surface area (Å²) in [6, 6.07) is 14.5. The molecule has 0 amide bonds. The van der Waals surface area contributed by atoms with Gasteiger partial charge in [0.1, 0.15) is 0 Å². The highest BCUT2D eigenvalue weighted by Crippen LogP contribution is 2.44. The summed E-state index contributed by atoms with van der Waals surface area (Å²) < 4.78 is 5.95. The molecule has 2 aromatic heterocycles. The van der Waals surface area contributed by atoms with Crippen molar-refractivity contribution in [1.29, 1.82) is 0 Å². The number of hydrogen-bond donors (Lipinski definition) is 0. The number of aryl methyl sites for hydroxylation is 2. The van der Waals surface area contributed by atoms with E-state index in [1.807, 2.05) is 22.7 Å². The highest BCUT2D eigenvalue weighted by atomic mass is 32.1. The maximum Gasteiger partial charge on any atom is 0.0542 e. The van der Waals surface area contributed by atoms with Gasteiger partial charge in [-0.2, -0.15) is 0 Å². The Hall–Kier alpha value is -1.38. The van der Waals surface area contributed by atoms with Crippen LogP contribution in [0.2, 0.25) is 0 Å². The minimum Gasteiger partial charge on any atom is -0.134 e. The molecule has 30 heavy (non-hydrogen) atoms. The van der Waals surface area contributed by atoms with Crippen molar-refractivity contribution in [3.63, 3.8) is 0 Å². The van der Waals surface area contributed by atoms with Crippen molar-refractivity contribution in [2.24, 2.45) is 0 Å². The molecule has 0 radical (unpaired) electrons. The van der Waals surface area contributed by atoms with E-state index in [9.17, 15) is 0 Å². The summed E-state index contributed by atoms with van der Waals surface area (Å²) in [6.45, 7) is 4.57. The van der Waals surface area contributed by atoms with Crippen LogP contribution in [0.3, 0.4) is 0 Å². The van der Waals surface area contributed by atoms with Gasteiger partial charge in [-0.15, -0.1) is 22.7 Å². The molecule has 0 saturated heterocycles. The maximum absolute atomic E-state index is 2.46. The van der Waals surface area contributed by atoms with Crippen LogP contribution in [0.4, 0.5) is 0 Å². The van der Waals surface area contributed by atoms with Gasteiger partial charge in [-0.05, 0) is 48.9 Å². The average Bonchev–Trinajstić information content (AvgIpc) is 3.28. The van der Waals surface area contributed by atoms with Crippen LogP contribution in [0.5, 0.6) is 0 Å². The van der Waals surface area contributed by atoms with Crippen molar-refractivity contribution >= 4 is 52.2 Å². The molecule has 0 saturated carbocycles.